The fraction of sp³-hybridized carbons (Fsp3) is 0.538. The summed E-state index contributed by atoms with van der Waals surface area (Å²) in [6.45, 7) is 9.85. The number of hydrogen-bond acceptors (Lipinski definition) is 6. The zero-order valence-corrected chi connectivity index (χ0v) is 19.7. The predicted molar refractivity (Wildman–Crippen MR) is 131 cm³/mol. The number of benzene rings is 1. The topological polar surface area (TPSA) is 60.9 Å². The highest BCUT2D eigenvalue weighted by Gasteiger charge is 2.34. The molecule has 0 bridgehead atoms. The third kappa shape index (κ3) is 4.63. The van der Waals surface area contributed by atoms with E-state index in [1.807, 2.05) is 6.07 Å². The van der Waals surface area contributed by atoms with Gasteiger partial charge in [0.2, 0.25) is 0 Å². The number of aryl methyl sites for hydroxylation is 1. The van der Waals surface area contributed by atoms with Crippen LogP contribution >= 0.6 is 0 Å². The average Bonchev–Trinajstić information content (AvgIpc) is 3.50. The minimum absolute atomic E-state index is 0.0862. The van der Waals surface area contributed by atoms with Gasteiger partial charge >= 0.3 is 0 Å². The minimum Gasteiger partial charge on any atom is -0.370 e. The number of hydrogen-bond donors (Lipinski definition) is 1. The first-order valence-electron chi connectivity index (χ1n) is 12.3. The van der Waals surface area contributed by atoms with E-state index in [4.69, 9.17) is 4.74 Å². The molecule has 0 aliphatic carbocycles. The molecular weight excluding hydrogens is 414 g/mol. The summed E-state index contributed by atoms with van der Waals surface area (Å²) in [5.41, 5.74) is 3.78. The molecule has 1 aromatic carbocycles. The van der Waals surface area contributed by atoms with E-state index in [1.54, 1.807) is 23.4 Å². The molecule has 7 nitrogen and oxygen atoms in total. The highest BCUT2D eigenvalue weighted by molar-refractivity contribution is 6.06. The maximum atomic E-state index is 13.5. The van der Waals surface area contributed by atoms with Crippen molar-refractivity contribution in [1.82, 2.24) is 15.2 Å². The molecule has 3 unspecified atom stereocenters. The Morgan fingerprint density at radius 3 is 2.85 bits per heavy atom. The normalized spacial score (nSPS) is 26.0. The van der Waals surface area contributed by atoms with Crippen molar-refractivity contribution in [2.75, 3.05) is 49.1 Å². The Labute approximate surface area is 196 Å². The Hall–Kier alpha value is -2.48. The van der Waals surface area contributed by atoms with Gasteiger partial charge in [-0.15, -0.1) is 0 Å². The molecule has 1 aromatic heterocycles. The Morgan fingerprint density at radius 1 is 1.24 bits per heavy atom. The summed E-state index contributed by atoms with van der Waals surface area (Å²) in [5, 5.41) is 3.35. The molecule has 176 valence electrons. The number of ether oxygens (including phenoxy) is 1. The molecule has 0 saturated carbocycles. The monoisotopic (exact) mass is 449 g/mol. The summed E-state index contributed by atoms with van der Waals surface area (Å²) in [6, 6.07) is 11.4. The molecule has 3 saturated heterocycles. The van der Waals surface area contributed by atoms with E-state index in [9.17, 15) is 4.79 Å². The van der Waals surface area contributed by atoms with Crippen LogP contribution in [0.1, 0.15) is 42.1 Å². The highest BCUT2D eigenvalue weighted by Crippen LogP contribution is 2.32. The first-order chi connectivity index (χ1) is 16.1. The maximum absolute atomic E-state index is 13.5. The summed E-state index contributed by atoms with van der Waals surface area (Å²) < 4.78 is 6.01. The van der Waals surface area contributed by atoms with E-state index in [2.05, 4.69) is 52.1 Å². The largest absolute Gasteiger partial charge is 0.370 e. The summed E-state index contributed by atoms with van der Waals surface area (Å²) >= 11 is 0. The number of pyridine rings is 1. The number of anilines is 2. The van der Waals surface area contributed by atoms with Crippen LogP contribution in [0.2, 0.25) is 0 Å². The zero-order valence-electron chi connectivity index (χ0n) is 19.7. The third-order valence-corrected chi connectivity index (χ3v) is 7.37. The predicted octanol–water partition coefficient (Wildman–Crippen LogP) is 3.05. The number of carbonyl (C=O) groups is 1. The fourth-order valence-corrected chi connectivity index (χ4v) is 5.59. The molecule has 7 heteroatoms. The number of nitrogens with zero attached hydrogens (tertiary/aromatic N) is 4. The maximum Gasteiger partial charge on any atom is 0.262 e. The van der Waals surface area contributed by atoms with Crippen molar-refractivity contribution in [2.45, 2.75) is 51.4 Å². The van der Waals surface area contributed by atoms with Crippen LogP contribution in [0.3, 0.4) is 0 Å². The summed E-state index contributed by atoms with van der Waals surface area (Å²) in [5.74, 6) is -0.0862. The molecule has 3 fully saturated rings. The molecular formula is C26H35N5O2. The molecule has 3 atom stereocenters. The third-order valence-electron chi connectivity index (χ3n) is 7.37. The van der Waals surface area contributed by atoms with E-state index < -0.39 is 0 Å². The fourth-order valence-electron chi connectivity index (χ4n) is 5.59. The van der Waals surface area contributed by atoms with Gasteiger partial charge in [-0.3, -0.25) is 19.6 Å². The van der Waals surface area contributed by atoms with Gasteiger partial charge in [-0.1, -0.05) is 0 Å². The van der Waals surface area contributed by atoms with Gasteiger partial charge in [0, 0.05) is 62.0 Å². The van der Waals surface area contributed by atoms with Crippen molar-refractivity contribution in [3.8, 4) is 0 Å². The second-order valence-corrected chi connectivity index (χ2v) is 9.53. The second kappa shape index (κ2) is 9.79. The molecule has 3 aliphatic rings. The molecule has 0 radical (unpaired) electrons. The van der Waals surface area contributed by atoms with E-state index >= 15 is 0 Å². The van der Waals surface area contributed by atoms with Crippen LogP contribution in [0.5, 0.6) is 0 Å². The molecule has 1 N–H and O–H groups in total. The molecule has 2 aromatic rings. The Bertz CT molecular complexity index is 962. The van der Waals surface area contributed by atoms with Gasteiger partial charge < -0.3 is 15.0 Å². The van der Waals surface area contributed by atoms with Crippen molar-refractivity contribution in [3.63, 3.8) is 0 Å². The Kier molecular flexibility index (Phi) is 6.62. The van der Waals surface area contributed by atoms with E-state index in [0.29, 0.717) is 30.8 Å². The van der Waals surface area contributed by atoms with Crippen molar-refractivity contribution in [3.05, 3.63) is 53.9 Å². The molecule has 0 spiro atoms. The van der Waals surface area contributed by atoms with Crippen LogP contribution < -0.4 is 15.1 Å². The average molecular weight is 450 g/mol. The number of likely N-dealkylation sites (tertiary alicyclic amines) is 1. The van der Waals surface area contributed by atoms with Gasteiger partial charge in [-0.05, 0) is 75.5 Å². The van der Waals surface area contributed by atoms with Gasteiger partial charge in [-0.25, -0.2) is 0 Å². The SMILES string of the molecule is Cc1cc(N2CCC(N3CCCC3C)C2)ccc1N(C(=O)c1cccnc1)C1CNCCO1. The van der Waals surface area contributed by atoms with Gasteiger partial charge in [0.15, 0.2) is 0 Å². The van der Waals surface area contributed by atoms with Gasteiger partial charge in [0.05, 0.1) is 12.2 Å². The summed E-state index contributed by atoms with van der Waals surface area (Å²) in [7, 11) is 0. The Morgan fingerprint density at radius 2 is 2.15 bits per heavy atom. The number of morpholine rings is 1. The van der Waals surface area contributed by atoms with Gasteiger partial charge in [0.25, 0.3) is 5.91 Å². The lowest BCUT2D eigenvalue weighted by Gasteiger charge is -2.35. The molecule has 4 heterocycles. The van der Waals surface area contributed by atoms with Crippen LogP contribution in [0.25, 0.3) is 0 Å². The number of amides is 1. The second-order valence-electron chi connectivity index (χ2n) is 9.53. The quantitative estimate of drug-likeness (QED) is 0.757. The van der Waals surface area contributed by atoms with Crippen LogP contribution in [-0.4, -0.2) is 73.4 Å². The summed E-state index contributed by atoms with van der Waals surface area (Å²) in [4.78, 5) is 24.7. The smallest absolute Gasteiger partial charge is 0.262 e. The molecule has 1 amide bonds. The first-order valence-corrected chi connectivity index (χ1v) is 12.3. The number of rotatable bonds is 5. The van der Waals surface area contributed by atoms with E-state index in [0.717, 1.165) is 30.9 Å². The Balaban J connectivity index is 1.38. The van der Waals surface area contributed by atoms with Crippen LogP contribution in [0, 0.1) is 6.92 Å². The van der Waals surface area contributed by atoms with Gasteiger partial charge in [-0.2, -0.15) is 0 Å². The van der Waals surface area contributed by atoms with Crippen molar-refractivity contribution < 1.29 is 9.53 Å². The van der Waals surface area contributed by atoms with Crippen molar-refractivity contribution in [1.29, 1.82) is 0 Å². The van der Waals surface area contributed by atoms with E-state index in [-0.39, 0.29) is 12.1 Å². The van der Waals surface area contributed by atoms with E-state index in [1.165, 1.54) is 31.5 Å². The minimum atomic E-state index is -0.344. The molecule has 33 heavy (non-hydrogen) atoms. The standard InChI is InChI=1S/C26H35N5O2/c1-19-15-22(29-13-9-23(18-29)30-12-4-5-20(30)2)7-8-24(19)31(25-17-28-11-14-33-25)26(32)21-6-3-10-27-16-21/h3,6-8,10,15-16,20,23,25,28H,4-5,9,11-14,17-18H2,1-2H3. The molecule has 3 aliphatic heterocycles. The summed E-state index contributed by atoms with van der Waals surface area (Å²) in [6.07, 6.45) is 6.83. The van der Waals surface area contributed by atoms with Gasteiger partial charge in [0.1, 0.15) is 6.23 Å². The first kappa shape index (κ1) is 22.3. The zero-order chi connectivity index (χ0) is 22.8. The van der Waals surface area contributed by atoms with Crippen LogP contribution in [-0.2, 0) is 4.74 Å². The lowest BCUT2D eigenvalue weighted by atomic mass is 10.1. The highest BCUT2D eigenvalue weighted by atomic mass is 16.5. The number of carbonyl (C=O) groups excluding carboxylic acids is 1. The number of nitrogens with one attached hydrogen (secondary N) is 1. The van der Waals surface area contributed by atoms with Crippen LogP contribution in [0.15, 0.2) is 42.7 Å². The molecule has 5 rings (SSSR count). The van der Waals surface area contributed by atoms with Crippen LogP contribution in [0.4, 0.5) is 11.4 Å². The number of aromatic nitrogens is 1. The van der Waals surface area contributed by atoms with Crippen molar-refractivity contribution >= 4 is 17.3 Å². The van der Waals surface area contributed by atoms with Crippen molar-refractivity contribution in [2.24, 2.45) is 0 Å². The lowest BCUT2D eigenvalue weighted by Crippen LogP contribution is -2.52. The lowest BCUT2D eigenvalue weighted by molar-refractivity contribution is 0.0254.